The summed E-state index contributed by atoms with van der Waals surface area (Å²) in [4.78, 5) is 15.9. The molecule has 0 bridgehead atoms. The van der Waals surface area contributed by atoms with Gasteiger partial charge in [0.2, 0.25) is 0 Å². The molecule has 0 unspecified atom stereocenters. The lowest BCUT2D eigenvalue weighted by Gasteiger charge is -2.08. The number of hydrogen-bond acceptors (Lipinski definition) is 3. The van der Waals surface area contributed by atoms with Crippen LogP contribution in [0, 0.1) is 13.8 Å². The number of rotatable bonds is 5. The standard InChI is InChI=1S/C11H18N2OS/c1-4-15-7-5-6-13-10(3)12-9(2)8-11(13)14/h8H,4-7H2,1-3H3. The molecule has 0 aliphatic carbocycles. The van der Waals surface area contributed by atoms with E-state index in [2.05, 4.69) is 11.9 Å². The summed E-state index contributed by atoms with van der Waals surface area (Å²) in [5.41, 5.74) is 0.873. The molecule has 0 aromatic carbocycles. The Morgan fingerprint density at radius 1 is 1.47 bits per heavy atom. The second-order valence-electron chi connectivity index (χ2n) is 3.49. The average molecular weight is 226 g/mol. The Bertz CT molecular complexity index is 373. The van der Waals surface area contributed by atoms with Crippen molar-refractivity contribution in [3.05, 3.63) is 27.9 Å². The van der Waals surface area contributed by atoms with Crippen LogP contribution in [-0.4, -0.2) is 21.1 Å². The van der Waals surface area contributed by atoms with E-state index < -0.39 is 0 Å². The third kappa shape index (κ3) is 3.70. The summed E-state index contributed by atoms with van der Waals surface area (Å²) in [5.74, 6) is 3.07. The van der Waals surface area contributed by atoms with E-state index in [1.807, 2.05) is 25.6 Å². The summed E-state index contributed by atoms with van der Waals surface area (Å²) in [6.45, 7) is 6.67. The topological polar surface area (TPSA) is 34.9 Å². The maximum absolute atomic E-state index is 11.6. The minimum absolute atomic E-state index is 0.0708. The van der Waals surface area contributed by atoms with Gasteiger partial charge >= 0.3 is 0 Å². The molecule has 15 heavy (non-hydrogen) atoms. The highest BCUT2D eigenvalue weighted by molar-refractivity contribution is 7.99. The molecule has 0 radical (unpaired) electrons. The van der Waals surface area contributed by atoms with Crippen LogP contribution in [-0.2, 0) is 6.54 Å². The molecule has 0 aliphatic heterocycles. The average Bonchev–Trinajstić information content (AvgIpc) is 2.15. The van der Waals surface area contributed by atoms with Gasteiger partial charge in [0.25, 0.3) is 5.56 Å². The predicted molar refractivity (Wildman–Crippen MR) is 65.6 cm³/mol. The van der Waals surface area contributed by atoms with Crippen molar-refractivity contribution in [2.75, 3.05) is 11.5 Å². The lowest BCUT2D eigenvalue weighted by molar-refractivity contribution is 0.618. The Labute approximate surface area is 94.9 Å². The highest BCUT2D eigenvalue weighted by Crippen LogP contribution is 2.03. The zero-order valence-electron chi connectivity index (χ0n) is 9.62. The molecule has 0 saturated heterocycles. The van der Waals surface area contributed by atoms with Gasteiger partial charge in [-0.05, 0) is 31.8 Å². The summed E-state index contributed by atoms with van der Waals surface area (Å²) in [6.07, 6.45) is 1.03. The second-order valence-corrected chi connectivity index (χ2v) is 4.88. The lowest BCUT2D eigenvalue weighted by Crippen LogP contribution is -2.23. The molecule has 84 valence electrons. The van der Waals surface area contributed by atoms with Crippen molar-refractivity contribution in [2.24, 2.45) is 0 Å². The summed E-state index contributed by atoms with van der Waals surface area (Å²) in [5, 5.41) is 0. The van der Waals surface area contributed by atoms with Crippen LogP contribution in [0.3, 0.4) is 0 Å². The summed E-state index contributed by atoms with van der Waals surface area (Å²) in [7, 11) is 0. The van der Waals surface area contributed by atoms with Crippen LogP contribution in [0.4, 0.5) is 0 Å². The molecule has 0 fully saturated rings. The number of thioether (sulfide) groups is 1. The van der Waals surface area contributed by atoms with E-state index in [-0.39, 0.29) is 5.56 Å². The van der Waals surface area contributed by atoms with Gasteiger partial charge in [0.15, 0.2) is 0 Å². The van der Waals surface area contributed by atoms with E-state index >= 15 is 0 Å². The van der Waals surface area contributed by atoms with Gasteiger partial charge in [-0.2, -0.15) is 11.8 Å². The molecule has 1 aromatic rings. The fourth-order valence-electron chi connectivity index (χ4n) is 1.50. The Balaban J connectivity index is 2.65. The SMILES string of the molecule is CCSCCCn1c(C)nc(C)cc1=O. The Morgan fingerprint density at radius 3 is 2.80 bits per heavy atom. The van der Waals surface area contributed by atoms with Gasteiger partial charge in [-0.15, -0.1) is 0 Å². The highest BCUT2D eigenvalue weighted by Gasteiger charge is 2.01. The molecule has 0 amide bonds. The van der Waals surface area contributed by atoms with Crippen LogP contribution in [0.15, 0.2) is 10.9 Å². The van der Waals surface area contributed by atoms with Gasteiger partial charge in [0, 0.05) is 18.3 Å². The number of aromatic nitrogens is 2. The van der Waals surface area contributed by atoms with Crippen molar-refractivity contribution in [1.29, 1.82) is 0 Å². The van der Waals surface area contributed by atoms with Crippen LogP contribution in [0.1, 0.15) is 24.9 Å². The van der Waals surface area contributed by atoms with E-state index in [9.17, 15) is 4.79 Å². The fraction of sp³-hybridized carbons (Fsp3) is 0.636. The van der Waals surface area contributed by atoms with Crippen molar-refractivity contribution < 1.29 is 0 Å². The Kier molecular flexibility index (Phi) is 4.88. The molecular formula is C11H18N2OS. The van der Waals surface area contributed by atoms with Crippen LogP contribution in [0.5, 0.6) is 0 Å². The van der Waals surface area contributed by atoms with Gasteiger partial charge in [0.1, 0.15) is 5.82 Å². The second kappa shape index (κ2) is 5.95. The third-order valence-electron chi connectivity index (χ3n) is 2.20. The van der Waals surface area contributed by atoms with Crippen molar-refractivity contribution in [2.45, 2.75) is 33.7 Å². The summed E-state index contributed by atoms with van der Waals surface area (Å²) < 4.78 is 1.75. The molecule has 4 heteroatoms. The molecule has 0 saturated carbocycles. The molecule has 0 N–H and O–H groups in total. The number of hydrogen-bond donors (Lipinski definition) is 0. The molecule has 0 atom stereocenters. The van der Waals surface area contributed by atoms with Gasteiger partial charge < -0.3 is 0 Å². The maximum Gasteiger partial charge on any atom is 0.253 e. The first-order chi connectivity index (χ1) is 7.15. The summed E-state index contributed by atoms with van der Waals surface area (Å²) in [6, 6.07) is 1.60. The van der Waals surface area contributed by atoms with Gasteiger partial charge in [-0.1, -0.05) is 6.92 Å². The van der Waals surface area contributed by atoms with Crippen molar-refractivity contribution in [1.82, 2.24) is 9.55 Å². The normalized spacial score (nSPS) is 10.6. The first kappa shape index (κ1) is 12.3. The van der Waals surface area contributed by atoms with Crippen molar-refractivity contribution in [3.8, 4) is 0 Å². The smallest absolute Gasteiger partial charge is 0.253 e. The third-order valence-corrected chi connectivity index (χ3v) is 3.19. The lowest BCUT2D eigenvalue weighted by atomic mass is 10.4. The predicted octanol–water partition coefficient (Wildman–Crippen LogP) is 2.00. The van der Waals surface area contributed by atoms with Gasteiger partial charge in [-0.3, -0.25) is 9.36 Å². The molecule has 0 spiro atoms. The van der Waals surface area contributed by atoms with Crippen LogP contribution >= 0.6 is 11.8 Å². The Morgan fingerprint density at radius 2 is 2.20 bits per heavy atom. The first-order valence-electron chi connectivity index (χ1n) is 5.28. The van der Waals surface area contributed by atoms with E-state index in [0.29, 0.717) is 0 Å². The van der Waals surface area contributed by atoms with Crippen molar-refractivity contribution in [3.63, 3.8) is 0 Å². The molecule has 0 aliphatic rings. The number of nitrogens with zero attached hydrogens (tertiary/aromatic N) is 2. The molecule has 1 rings (SSSR count). The highest BCUT2D eigenvalue weighted by atomic mass is 32.2. The van der Waals surface area contributed by atoms with E-state index in [4.69, 9.17) is 0 Å². The molecule has 1 heterocycles. The van der Waals surface area contributed by atoms with Crippen LogP contribution in [0.25, 0.3) is 0 Å². The zero-order valence-corrected chi connectivity index (χ0v) is 10.4. The zero-order chi connectivity index (χ0) is 11.3. The fourth-order valence-corrected chi connectivity index (χ4v) is 2.13. The minimum Gasteiger partial charge on any atom is -0.297 e. The molecule has 3 nitrogen and oxygen atoms in total. The van der Waals surface area contributed by atoms with Gasteiger partial charge in [0.05, 0.1) is 0 Å². The first-order valence-corrected chi connectivity index (χ1v) is 6.43. The largest absolute Gasteiger partial charge is 0.297 e. The van der Waals surface area contributed by atoms with Gasteiger partial charge in [-0.25, -0.2) is 4.98 Å². The molecule has 1 aromatic heterocycles. The monoisotopic (exact) mass is 226 g/mol. The van der Waals surface area contributed by atoms with E-state index in [1.165, 1.54) is 0 Å². The van der Waals surface area contributed by atoms with E-state index in [0.717, 1.165) is 36.0 Å². The van der Waals surface area contributed by atoms with Crippen LogP contribution in [0.2, 0.25) is 0 Å². The van der Waals surface area contributed by atoms with E-state index in [1.54, 1.807) is 10.6 Å². The maximum atomic E-state index is 11.6. The molecular weight excluding hydrogens is 208 g/mol. The number of aryl methyl sites for hydroxylation is 2. The minimum atomic E-state index is 0.0708. The van der Waals surface area contributed by atoms with Crippen molar-refractivity contribution >= 4 is 11.8 Å². The Hall–Kier alpha value is -0.770. The quantitative estimate of drug-likeness (QED) is 0.720. The summed E-state index contributed by atoms with van der Waals surface area (Å²) >= 11 is 1.91. The van der Waals surface area contributed by atoms with Crippen LogP contribution < -0.4 is 5.56 Å².